The van der Waals surface area contributed by atoms with Gasteiger partial charge in [-0.1, -0.05) is 55.8 Å². The fourth-order valence-corrected chi connectivity index (χ4v) is 2.66. The highest BCUT2D eigenvalue weighted by molar-refractivity contribution is 5.32. The van der Waals surface area contributed by atoms with Crippen molar-refractivity contribution in [3.63, 3.8) is 0 Å². The molecule has 0 amide bonds. The van der Waals surface area contributed by atoms with Gasteiger partial charge in [-0.2, -0.15) is 0 Å². The van der Waals surface area contributed by atoms with Gasteiger partial charge in [0.1, 0.15) is 12.4 Å². The summed E-state index contributed by atoms with van der Waals surface area (Å²) in [5.74, 6) is 2.67. The summed E-state index contributed by atoms with van der Waals surface area (Å²) in [4.78, 5) is 0. The summed E-state index contributed by atoms with van der Waals surface area (Å²) < 4.78 is 5.80. The normalized spacial score (nSPS) is 21.1. The van der Waals surface area contributed by atoms with Crippen LogP contribution >= 0.6 is 0 Å². The van der Waals surface area contributed by atoms with Crippen LogP contribution < -0.4 is 4.74 Å². The first kappa shape index (κ1) is 12.3. The third kappa shape index (κ3) is 2.98. The number of hydrogen-bond acceptors (Lipinski definition) is 1. The summed E-state index contributed by atoms with van der Waals surface area (Å²) in [6.07, 6.45) is 2.66. The molecular formula is C18H20O. The van der Waals surface area contributed by atoms with Gasteiger partial charge in [0.2, 0.25) is 0 Å². The molecule has 2 atom stereocenters. The lowest BCUT2D eigenvalue weighted by molar-refractivity contribution is 0.306. The van der Waals surface area contributed by atoms with Crippen LogP contribution in [0.5, 0.6) is 5.75 Å². The molecule has 0 aromatic heterocycles. The molecule has 0 bridgehead atoms. The third-order valence-corrected chi connectivity index (χ3v) is 4.00. The van der Waals surface area contributed by atoms with Crippen molar-refractivity contribution in [1.29, 1.82) is 0 Å². The summed E-state index contributed by atoms with van der Waals surface area (Å²) in [5, 5.41) is 0. The zero-order chi connectivity index (χ0) is 13.1. The van der Waals surface area contributed by atoms with Gasteiger partial charge in [-0.25, -0.2) is 0 Å². The van der Waals surface area contributed by atoms with Crippen molar-refractivity contribution in [3.8, 4) is 5.75 Å². The molecule has 1 saturated carbocycles. The molecule has 0 aliphatic heterocycles. The summed E-state index contributed by atoms with van der Waals surface area (Å²) in [5.41, 5.74) is 2.68. The maximum atomic E-state index is 5.80. The van der Waals surface area contributed by atoms with E-state index in [4.69, 9.17) is 4.74 Å². The lowest BCUT2D eigenvalue weighted by Gasteiger charge is -2.07. The van der Waals surface area contributed by atoms with Gasteiger partial charge in [-0.15, -0.1) is 0 Å². The summed E-state index contributed by atoms with van der Waals surface area (Å²) >= 11 is 0. The molecule has 0 N–H and O–H groups in total. The van der Waals surface area contributed by atoms with Crippen molar-refractivity contribution < 1.29 is 4.74 Å². The van der Waals surface area contributed by atoms with E-state index in [1.807, 2.05) is 18.2 Å². The van der Waals surface area contributed by atoms with Crippen LogP contribution in [0.3, 0.4) is 0 Å². The topological polar surface area (TPSA) is 9.23 Å². The summed E-state index contributed by atoms with van der Waals surface area (Å²) in [6, 6.07) is 18.9. The molecule has 1 nitrogen and oxygen atoms in total. The lowest BCUT2D eigenvalue weighted by Crippen LogP contribution is -1.95. The van der Waals surface area contributed by atoms with E-state index in [-0.39, 0.29) is 0 Å². The van der Waals surface area contributed by atoms with Gasteiger partial charge >= 0.3 is 0 Å². The Morgan fingerprint density at radius 1 is 1.00 bits per heavy atom. The van der Waals surface area contributed by atoms with Crippen LogP contribution in [0.15, 0.2) is 54.6 Å². The molecule has 1 fully saturated rings. The molecule has 1 aliphatic rings. The fourth-order valence-electron chi connectivity index (χ4n) is 2.66. The Balaban J connectivity index is 1.58. The van der Waals surface area contributed by atoms with Crippen LogP contribution in [0.2, 0.25) is 0 Å². The zero-order valence-electron chi connectivity index (χ0n) is 11.4. The van der Waals surface area contributed by atoms with Crippen molar-refractivity contribution in [2.24, 2.45) is 5.92 Å². The van der Waals surface area contributed by atoms with E-state index < -0.39 is 0 Å². The highest BCUT2D eigenvalue weighted by atomic mass is 16.5. The van der Waals surface area contributed by atoms with Gasteiger partial charge in [0.15, 0.2) is 0 Å². The molecule has 1 heteroatoms. The molecule has 1 aliphatic carbocycles. The van der Waals surface area contributed by atoms with E-state index in [2.05, 4.69) is 43.3 Å². The van der Waals surface area contributed by atoms with Crippen LogP contribution in [0.25, 0.3) is 0 Å². The second kappa shape index (κ2) is 5.48. The largest absolute Gasteiger partial charge is 0.489 e. The van der Waals surface area contributed by atoms with Gasteiger partial charge in [-0.05, 0) is 41.5 Å². The minimum Gasteiger partial charge on any atom is -0.489 e. The number of ether oxygens (including phenoxy) is 1. The van der Waals surface area contributed by atoms with Gasteiger partial charge in [0, 0.05) is 0 Å². The van der Waals surface area contributed by atoms with Crippen LogP contribution in [-0.4, -0.2) is 0 Å². The summed E-state index contributed by atoms with van der Waals surface area (Å²) in [6.45, 7) is 2.92. The van der Waals surface area contributed by atoms with E-state index >= 15 is 0 Å². The Kier molecular flexibility index (Phi) is 3.54. The van der Waals surface area contributed by atoms with Crippen molar-refractivity contribution in [2.45, 2.75) is 32.3 Å². The molecule has 3 rings (SSSR count). The number of rotatable bonds is 5. The van der Waals surface area contributed by atoms with E-state index in [1.165, 1.54) is 24.0 Å². The van der Waals surface area contributed by atoms with Gasteiger partial charge in [0.05, 0.1) is 0 Å². The van der Waals surface area contributed by atoms with E-state index in [0.29, 0.717) is 6.61 Å². The van der Waals surface area contributed by atoms with Crippen molar-refractivity contribution in [3.05, 3.63) is 65.7 Å². The maximum Gasteiger partial charge on any atom is 0.119 e. The minimum atomic E-state index is 0.640. The Morgan fingerprint density at radius 2 is 1.74 bits per heavy atom. The zero-order valence-corrected chi connectivity index (χ0v) is 11.4. The van der Waals surface area contributed by atoms with Crippen LogP contribution in [0.1, 0.15) is 36.8 Å². The Labute approximate surface area is 115 Å². The third-order valence-electron chi connectivity index (χ3n) is 4.00. The molecule has 19 heavy (non-hydrogen) atoms. The predicted molar refractivity (Wildman–Crippen MR) is 78.4 cm³/mol. The summed E-state index contributed by atoms with van der Waals surface area (Å²) in [7, 11) is 0. The SMILES string of the molecule is CC[C@H]1C[C@H]1c1ccc(OCc2ccccc2)cc1. The monoisotopic (exact) mass is 252 g/mol. The quantitative estimate of drug-likeness (QED) is 0.744. The molecule has 2 aromatic carbocycles. The first-order chi connectivity index (χ1) is 9.36. The minimum absolute atomic E-state index is 0.640. The van der Waals surface area contributed by atoms with Crippen molar-refractivity contribution >= 4 is 0 Å². The van der Waals surface area contributed by atoms with E-state index in [0.717, 1.165) is 17.6 Å². The lowest BCUT2D eigenvalue weighted by atomic mass is 10.1. The average molecular weight is 252 g/mol. The molecule has 0 saturated heterocycles. The van der Waals surface area contributed by atoms with Crippen LogP contribution in [-0.2, 0) is 6.61 Å². The average Bonchev–Trinajstić information content (AvgIpc) is 3.26. The van der Waals surface area contributed by atoms with E-state index in [1.54, 1.807) is 0 Å². The molecule has 0 spiro atoms. The van der Waals surface area contributed by atoms with Gasteiger partial charge < -0.3 is 4.74 Å². The number of benzene rings is 2. The van der Waals surface area contributed by atoms with Crippen molar-refractivity contribution in [2.75, 3.05) is 0 Å². The van der Waals surface area contributed by atoms with Gasteiger partial charge in [0.25, 0.3) is 0 Å². The molecular weight excluding hydrogens is 232 g/mol. The molecule has 0 heterocycles. The fraction of sp³-hybridized carbons (Fsp3) is 0.333. The molecule has 0 radical (unpaired) electrons. The molecule has 0 unspecified atom stereocenters. The first-order valence-electron chi connectivity index (χ1n) is 7.13. The molecule has 98 valence electrons. The second-order valence-corrected chi connectivity index (χ2v) is 5.35. The smallest absolute Gasteiger partial charge is 0.119 e. The molecule has 2 aromatic rings. The van der Waals surface area contributed by atoms with Crippen molar-refractivity contribution in [1.82, 2.24) is 0 Å². The number of hydrogen-bond donors (Lipinski definition) is 0. The Hall–Kier alpha value is -1.76. The van der Waals surface area contributed by atoms with E-state index in [9.17, 15) is 0 Å². The maximum absolute atomic E-state index is 5.80. The Morgan fingerprint density at radius 3 is 2.37 bits per heavy atom. The first-order valence-corrected chi connectivity index (χ1v) is 7.13. The van der Waals surface area contributed by atoms with Crippen LogP contribution in [0.4, 0.5) is 0 Å². The highest BCUT2D eigenvalue weighted by Gasteiger charge is 2.36. The Bertz CT molecular complexity index is 515. The van der Waals surface area contributed by atoms with Gasteiger partial charge in [-0.3, -0.25) is 0 Å². The van der Waals surface area contributed by atoms with Crippen LogP contribution in [0, 0.1) is 5.92 Å². The standard InChI is InChI=1S/C18H20O/c1-2-15-12-18(15)16-8-10-17(11-9-16)19-13-14-6-4-3-5-7-14/h3-11,15,18H,2,12-13H2,1H3/t15-,18+/m0/s1. The predicted octanol–water partition coefficient (Wildman–Crippen LogP) is 4.78. The second-order valence-electron chi connectivity index (χ2n) is 5.35. The highest BCUT2D eigenvalue weighted by Crippen LogP contribution is 2.49.